The Morgan fingerprint density at radius 1 is 1.38 bits per heavy atom. The highest BCUT2D eigenvalue weighted by atomic mass is 32.1. The normalized spacial score (nSPS) is 15.1. The number of aryl methyl sites for hydroxylation is 1. The monoisotopic (exact) mass is 191 g/mol. The van der Waals surface area contributed by atoms with Crippen molar-refractivity contribution in [2.24, 2.45) is 0 Å². The molecule has 0 bridgehead atoms. The minimum atomic E-state index is 0.862. The first-order valence-corrected chi connectivity index (χ1v) is 5.36. The largest absolute Gasteiger partial charge is 0.617 e. The van der Waals surface area contributed by atoms with Gasteiger partial charge in [-0.05, 0) is 30.4 Å². The van der Waals surface area contributed by atoms with E-state index in [9.17, 15) is 5.21 Å². The van der Waals surface area contributed by atoms with Gasteiger partial charge >= 0.3 is 0 Å². The van der Waals surface area contributed by atoms with Gasteiger partial charge in [0, 0.05) is 12.0 Å². The fourth-order valence-corrected chi connectivity index (χ4v) is 2.85. The number of hydrogen-bond donors (Lipinski definition) is 0. The van der Waals surface area contributed by atoms with Gasteiger partial charge in [-0.1, -0.05) is 11.3 Å². The number of thiophene rings is 1. The molecule has 13 heavy (non-hydrogen) atoms. The summed E-state index contributed by atoms with van der Waals surface area (Å²) in [5.41, 5.74) is 2.25. The number of rotatable bonds is 0. The van der Waals surface area contributed by atoms with E-state index in [4.69, 9.17) is 0 Å². The summed E-state index contributed by atoms with van der Waals surface area (Å²) in [5.74, 6) is 0. The van der Waals surface area contributed by atoms with Gasteiger partial charge in [0.1, 0.15) is 0 Å². The number of hydrogen-bond acceptors (Lipinski definition) is 2. The van der Waals surface area contributed by atoms with Crippen molar-refractivity contribution >= 4 is 21.6 Å². The molecule has 3 heteroatoms. The summed E-state index contributed by atoms with van der Waals surface area (Å²) in [4.78, 5) is 0.862. The quantitative estimate of drug-likeness (QED) is 0.462. The van der Waals surface area contributed by atoms with Crippen LogP contribution in [0.2, 0.25) is 0 Å². The molecular formula is C10H9NOS. The van der Waals surface area contributed by atoms with Gasteiger partial charge in [0.05, 0.1) is 5.39 Å². The lowest BCUT2D eigenvalue weighted by molar-refractivity contribution is -0.583. The van der Waals surface area contributed by atoms with E-state index in [-0.39, 0.29) is 0 Å². The smallest absolute Gasteiger partial charge is 0.280 e. The molecule has 0 saturated carbocycles. The predicted molar refractivity (Wildman–Crippen MR) is 52.8 cm³/mol. The molecule has 3 rings (SSSR count). The minimum absolute atomic E-state index is 0.862. The minimum Gasteiger partial charge on any atom is -0.617 e. The van der Waals surface area contributed by atoms with Crippen LogP contribution in [0.15, 0.2) is 17.5 Å². The van der Waals surface area contributed by atoms with E-state index in [0.717, 1.165) is 39.9 Å². The molecule has 2 aromatic heterocycles. The van der Waals surface area contributed by atoms with Crippen LogP contribution in [0.1, 0.15) is 17.7 Å². The highest BCUT2D eigenvalue weighted by Gasteiger charge is 2.22. The SMILES string of the molecule is [O-][n+]1c2c(cc3ccsc31)CCC2. The van der Waals surface area contributed by atoms with Crippen LogP contribution in [0.3, 0.4) is 0 Å². The van der Waals surface area contributed by atoms with E-state index >= 15 is 0 Å². The van der Waals surface area contributed by atoms with Gasteiger partial charge in [-0.25, -0.2) is 0 Å². The van der Waals surface area contributed by atoms with Crippen molar-refractivity contribution in [3.8, 4) is 0 Å². The van der Waals surface area contributed by atoms with Crippen LogP contribution in [0.25, 0.3) is 10.2 Å². The van der Waals surface area contributed by atoms with Crippen LogP contribution < -0.4 is 4.73 Å². The molecule has 0 fully saturated rings. The lowest BCUT2D eigenvalue weighted by atomic mass is 10.2. The molecule has 2 aromatic rings. The van der Waals surface area contributed by atoms with Crippen LogP contribution in [0.5, 0.6) is 0 Å². The molecule has 1 aliphatic carbocycles. The standard InChI is InChI=1S/C10H9NOS/c12-11-9-3-1-2-7(9)6-8-4-5-13-10(8)11/h4-6H,1-3H2. The number of fused-ring (bicyclic) bond motifs is 2. The summed E-state index contributed by atoms with van der Waals surface area (Å²) in [7, 11) is 0. The third kappa shape index (κ3) is 0.907. The third-order valence-corrected chi connectivity index (χ3v) is 3.56. The summed E-state index contributed by atoms with van der Waals surface area (Å²) in [6, 6.07) is 4.19. The molecule has 2 heterocycles. The molecule has 66 valence electrons. The first kappa shape index (κ1) is 7.33. The molecule has 0 spiro atoms. The number of nitrogens with zero attached hydrogens (tertiary/aromatic N) is 1. The van der Waals surface area contributed by atoms with E-state index in [1.165, 1.54) is 16.9 Å². The van der Waals surface area contributed by atoms with Gasteiger partial charge in [0.2, 0.25) is 0 Å². The van der Waals surface area contributed by atoms with Gasteiger partial charge in [0.25, 0.3) is 4.83 Å². The molecule has 0 aromatic carbocycles. The van der Waals surface area contributed by atoms with Crippen molar-refractivity contribution in [3.05, 3.63) is 34.0 Å². The maximum absolute atomic E-state index is 11.8. The second-order valence-corrected chi connectivity index (χ2v) is 4.34. The summed E-state index contributed by atoms with van der Waals surface area (Å²) < 4.78 is 1.13. The van der Waals surface area contributed by atoms with E-state index in [1.807, 2.05) is 11.4 Å². The predicted octanol–water partition coefficient (Wildman–Crippen LogP) is 2.02. The van der Waals surface area contributed by atoms with E-state index in [1.54, 1.807) is 0 Å². The summed E-state index contributed by atoms with van der Waals surface area (Å²) >= 11 is 1.53. The molecule has 0 N–H and O–H groups in total. The number of aromatic nitrogens is 1. The highest BCUT2D eigenvalue weighted by molar-refractivity contribution is 7.16. The fourth-order valence-electron chi connectivity index (χ4n) is 2.03. The maximum Gasteiger partial charge on any atom is 0.280 e. The molecule has 0 unspecified atom stereocenters. The third-order valence-electron chi connectivity index (χ3n) is 2.66. The van der Waals surface area contributed by atoms with Crippen LogP contribution in [-0.4, -0.2) is 0 Å². The molecule has 1 aliphatic rings. The van der Waals surface area contributed by atoms with Crippen molar-refractivity contribution in [1.29, 1.82) is 0 Å². The number of pyridine rings is 1. The molecule has 0 radical (unpaired) electrons. The van der Waals surface area contributed by atoms with E-state index in [2.05, 4.69) is 6.07 Å². The second-order valence-electron chi connectivity index (χ2n) is 3.45. The highest BCUT2D eigenvalue weighted by Crippen LogP contribution is 2.25. The van der Waals surface area contributed by atoms with Gasteiger partial charge in [-0.3, -0.25) is 0 Å². The van der Waals surface area contributed by atoms with Gasteiger partial charge in [-0.2, -0.15) is 4.73 Å². The maximum atomic E-state index is 11.8. The second kappa shape index (κ2) is 2.45. The Bertz CT molecular complexity index is 475. The van der Waals surface area contributed by atoms with Crippen LogP contribution >= 0.6 is 11.3 Å². The van der Waals surface area contributed by atoms with Gasteiger partial charge in [0.15, 0.2) is 5.69 Å². The summed E-state index contributed by atoms with van der Waals surface area (Å²) in [5, 5.41) is 14.9. The van der Waals surface area contributed by atoms with E-state index in [0.29, 0.717) is 0 Å². The molecule has 2 nitrogen and oxygen atoms in total. The molecule has 0 saturated heterocycles. The zero-order valence-corrected chi connectivity index (χ0v) is 7.93. The lowest BCUT2D eigenvalue weighted by Crippen LogP contribution is -2.31. The van der Waals surface area contributed by atoms with Crippen molar-refractivity contribution in [3.63, 3.8) is 0 Å². The van der Waals surface area contributed by atoms with Gasteiger partial charge < -0.3 is 5.21 Å². The summed E-state index contributed by atoms with van der Waals surface area (Å²) in [6.07, 6.45) is 3.16. The first-order valence-electron chi connectivity index (χ1n) is 4.48. The van der Waals surface area contributed by atoms with Crippen molar-refractivity contribution in [2.45, 2.75) is 19.3 Å². The Morgan fingerprint density at radius 3 is 3.23 bits per heavy atom. The van der Waals surface area contributed by atoms with Crippen molar-refractivity contribution in [2.75, 3.05) is 0 Å². The van der Waals surface area contributed by atoms with Crippen LogP contribution in [-0.2, 0) is 12.8 Å². The molecule has 0 amide bonds. The summed E-state index contributed by atoms with van der Waals surface area (Å²) in [6.45, 7) is 0. The fraction of sp³-hybridized carbons (Fsp3) is 0.300. The average molecular weight is 191 g/mol. The Balaban J connectivity index is 2.45. The van der Waals surface area contributed by atoms with Crippen molar-refractivity contribution in [1.82, 2.24) is 0 Å². The van der Waals surface area contributed by atoms with Crippen LogP contribution in [0, 0.1) is 5.21 Å². The first-order chi connectivity index (χ1) is 6.36. The Hall–Kier alpha value is -1.09. The Labute approximate surface area is 80.0 Å². The van der Waals surface area contributed by atoms with Gasteiger partial charge in [-0.15, -0.1) is 0 Å². The molecule has 0 aliphatic heterocycles. The zero-order chi connectivity index (χ0) is 8.84. The molecule has 0 atom stereocenters. The Kier molecular flexibility index (Phi) is 1.38. The zero-order valence-electron chi connectivity index (χ0n) is 7.12. The average Bonchev–Trinajstić information content (AvgIpc) is 2.71. The lowest BCUT2D eigenvalue weighted by Gasteiger charge is -2.03. The van der Waals surface area contributed by atoms with E-state index < -0.39 is 0 Å². The van der Waals surface area contributed by atoms with Crippen molar-refractivity contribution < 1.29 is 4.73 Å². The molecular weight excluding hydrogens is 182 g/mol. The Morgan fingerprint density at radius 2 is 2.31 bits per heavy atom. The topological polar surface area (TPSA) is 26.9 Å². The van der Waals surface area contributed by atoms with Crippen LogP contribution in [0.4, 0.5) is 0 Å².